The molecule has 0 aromatic carbocycles. The third kappa shape index (κ3) is 2.88. The predicted octanol–water partition coefficient (Wildman–Crippen LogP) is 1.21. The minimum Gasteiger partial charge on any atom is -0.375 e. The Kier molecular flexibility index (Phi) is 3.69. The summed E-state index contributed by atoms with van der Waals surface area (Å²) in [6.07, 6.45) is 4.05. The third-order valence-electron chi connectivity index (χ3n) is 3.41. The van der Waals surface area contributed by atoms with Crippen molar-refractivity contribution in [2.75, 3.05) is 19.7 Å². The second-order valence-corrected chi connectivity index (χ2v) is 4.97. The Balaban J connectivity index is 1.82. The van der Waals surface area contributed by atoms with Crippen LogP contribution in [0.15, 0.2) is 4.99 Å². The van der Waals surface area contributed by atoms with Gasteiger partial charge in [0.1, 0.15) is 0 Å². The van der Waals surface area contributed by atoms with Crippen molar-refractivity contribution in [1.82, 2.24) is 4.90 Å². The Morgan fingerprint density at radius 2 is 2.38 bits per heavy atom. The van der Waals surface area contributed by atoms with Crippen LogP contribution >= 0.6 is 0 Å². The van der Waals surface area contributed by atoms with Crippen molar-refractivity contribution in [2.45, 2.75) is 45.3 Å². The maximum Gasteiger partial charge on any atom is 0.191 e. The molecule has 2 N–H and O–H groups in total. The first-order valence-electron chi connectivity index (χ1n) is 6.40. The van der Waals surface area contributed by atoms with Gasteiger partial charge in [0, 0.05) is 13.1 Å². The molecule has 92 valence electrons. The molecular weight excluding hydrogens is 202 g/mol. The van der Waals surface area contributed by atoms with E-state index in [0.717, 1.165) is 31.6 Å². The Bertz CT molecular complexity index is 267. The normalized spacial score (nSPS) is 35.2. The van der Waals surface area contributed by atoms with E-state index in [9.17, 15) is 0 Å². The molecule has 4 nitrogen and oxygen atoms in total. The van der Waals surface area contributed by atoms with Crippen LogP contribution in [0, 0.1) is 5.92 Å². The quantitative estimate of drug-likeness (QED) is 0.580. The minimum atomic E-state index is 0.271. The summed E-state index contributed by atoms with van der Waals surface area (Å²) < 4.78 is 5.49. The lowest BCUT2D eigenvalue weighted by molar-refractivity contribution is 0.00527. The van der Waals surface area contributed by atoms with Crippen LogP contribution in [0.1, 0.15) is 33.1 Å². The number of nitrogens with zero attached hydrogens (tertiary/aromatic N) is 2. The number of hydrogen-bond acceptors (Lipinski definition) is 2. The van der Waals surface area contributed by atoms with Gasteiger partial charge in [0.05, 0.1) is 18.8 Å². The van der Waals surface area contributed by atoms with Crippen molar-refractivity contribution in [3.8, 4) is 0 Å². The number of guanidine groups is 1. The van der Waals surface area contributed by atoms with Crippen LogP contribution < -0.4 is 5.73 Å². The highest BCUT2D eigenvalue weighted by Gasteiger charge is 2.36. The van der Waals surface area contributed by atoms with Crippen molar-refractivity contribution in [2.24, 2.45) is 16.6 Å². The van der Waals surface area contributed by atoms with Crippen LogP contribution in [0.5, 0.6) is 0 Å². The molecule has 0 bridgehead atoms. The standard InChI is InChI=1S/C12H23N3O/c1-3-4-10-7-11(10)14-12(13)15-5-6-16-9(2)8-15/h9-11H,3-8H2,1-2H3,(H2,13,14). The maximum absolute atomic E-state index is 6.03. The second kappa shape index (κ2) is 5.04. The maximum atomic E-state index is 6.03. The summed E-state index contributed by atoms with van der Waals surface area (Å²) in [5.74, 6) is 1.51. The lowest BCUT2D eigenvalue weighted by Crippen LogP contribution is -2.48. The third-order valence-corrected chi connectivity index (χ3v) is 3.41. The van der Waals surface area contributed by atoms with E-state index in [0.29, 0.717) is 6.04 Å². The molecule has 1 heterocycles. The first kappa shape index (κ1) is 11.7. The number of rotatable bonds is 3. The molecule has 0 amide bonds. The summed E-state index contributed by atoms with van der Waals surface area (Å²) in [7, 11) is 0. The van der Waals surface area contributed by atoms with Gasteiger partial charge in [-0.2, -0.15) is 0 Å². The predicted molar refractivity (Wildman–Crippen MR) is 65.4 cm³/mol. The number of aliphatic imine (C=N–C) groups is 1. The van der Waals surface area contributed by atoms with Gasteiger partial charge >= 0.3 is 0 Å². The number of nitrogens with two attached hydrogens (primary N) is 1. The lowest BCUT2D eigenvalue weighted by atomic mass is 10.2. The summed E-state index contributed by atoms with van der Waals surface area (Å²) in [6, 6.07) is 0.498. The minimum absolute atomic E-state index is 0.271. The Labute approximate surface area is 97.9 Å². The molecular formula is C12H23N3O. The van der Waals surface area contributed by atoms with E-state index in [2.05, 4.69) is 23.7 Å². The molecule has 3 unspecified atom stereocenters. The number of morpholine rings is 1. The van der Waals surface area contributed by atoms with Crippen molar-refractivity contribution in [3.63, 3.8) is 0 Å². The van der Waals surface area contributed by atoms with Crippen molar-refractivity contribution in [1.29, 1.82) is 0 Å². The van der Waals surface area contributed by atoms with E-state index in [1.165, 1.54) is 19.3 Å². The molecule has 0 aromatic heterocycles. The average molecular weight is 225 g/mol. The van der Waals surface area contributed by atoms with Gasteiger partial charge in [0.15, 0.2) is 5.96 Å². The Morgan fingerprint density at radius 3 is 3.06 bits per heavy atom. The number of ether oxygens (including phenoxy) is 1. The largest absolute Gasteiger partial charge is 0.375 e. The van der Waals surface area contributed by atoms with Crippen molar-refractivity contribution >= 4 is 5.96 Å². The van der Waals surface area contributed by atoms with Crippen molar-refractivity contribution in [3.05, 3.63) is 0 Å². The zero-order valence-electron chi connectivity index (χ0n) is 10.4. The first-order valence-corrected chi connectivity index (χ1v) is 6.40. The summed E-state index contributed by atoms with van der Waals surface area (Å²) in [4.78, 5) is 6.76. The lowest BCUT2D eigenvalue weighted by Gasteiger charge is -2.31. The van der Waals surface area contributed by atoms with Crippen LogP contribution in [0.4, 0.5) is 0 Å². The van der Waals surface area contributed by atoms with Crippen LogP contribution in [0.25, 0.3) is 0 Å². The molecule has 0 radical (unpaired) electrons. The van der Waals surface area contributed by atoms with Gasteiger partial charge in [-0.05, 0) is 25.7 Å². The zero-order valence-corrected chi connectivity index (χ0v) is 10.4. The molecule has 1 aliphatic carbocycles. The van der Waals surface area contributed by atoms with Crippen LogP contribution in [0.2, 0.25) is 0 Å². The molecule has 1 saturated heterocycles. The smallest absolute Gasteiger partial charge is 0.191 e. The molecule has 3 atom stereocenters. The van der Waals surface area contributed by atoms with Gasteiger partial charge in [-0.15, -0.1) is 0 Å². The van der Waals surface area contributed by atoms with Gasteiger partial charge in [-0.3, -0.25) is 0 Å². The average Bonchev–Trinajstić information content (AvgIpc) is 2.97. The molecule has 1 saturated carbocycles. The SMILES string of the molecule is CCCC1CC1N=C(N)N1CCOC(C)C1. The highest BCUT2D eigenvalue weighted by atomic mass is 16.5. The van der Waals surface area contributed by atoms with E-state index in [1.807, 2.05) is 0 Å². The van der Waals surface area contributed by atoms with Crippen LogP contribution in [-0.2, 0) is 4.74 Å². The number of hydrogen-bond donors (Lipinski definition) is 1. The van der Waals surface area contributed by atoms with Gasteiger partial charge < -0.3 is 15.4 Å². The Hall–Kier alpha value is -0.770. The molecule has 0 spiro atoms. The van der Waals surface area contributed by atoms with Gasteiger partial charge in [0.2, 0.25) is 0 Å². The molecule has 1 aliphatic heterocycles. The summed E-state index contributed by atoms with van der Waals surface area (Å²) in [5, 5.41) is 0. The monoisotopic (exact) mass is 225 g/mol. The summed E-state index contributed by atoms with van der Waals surface area (Å²) >= 11 is 0. The highest BCUT2D eigenvalue weighted by Crippen LogP contribution is 2.37. The summed E-state index contributed by atoms with van der Waals surface area (Å²) in [5.41, 5.74) is 6.03. The second-order valence-electron chi connectivity index (χ2n) is 4.97. The van der Waals surface area contributed by atoms with Crippen LogP contribution in [0.3, 0.4) is 0 Å². The molecule has 2 rings (SSSR count). The van der Waals surface area contributed by atoms with E-state index in [-0.39, 0.29) is 6.10 Å². The first-order chi connectivity index (χ1) is 7.70. The van der Waals surface area contributed by atoms with E-state index in [1.54, 1.807) is 0 Å². The summed E-state index contributed by atoms with van der Waals surface area (Å²) in [6.45, 7) is 6.83. The van der Waals surface area contributed by atoms with Crippen LogP contribution in [-0.4, -0.2) is 42.7 Å². The van der Waals surface area contributed by atoms with Gasteiger partial charge in [-0.1, -0.05) is 13.3 Å². The topological polar surface area (TPSA) is 50.8 Å². The fraction of sp³-hybridized carbons (Fsp3) is 0.917. The van der Waals surface area contributed by atoms with Gasteiger partial charge in [-0.25, -0.2) is 4.99 Å². The fourth-order valence-corrected chi connectivity index (χ4v) is 2.35. The van der Waals surface area contributed by atoms with Gasteiger partial charge in [0.25, 0.3) is 0 Å². The zero-order chi connectivity index (χ0) is 11.5. The molecule has 0 aromatic rings. The van der Waals surface area contributed by atoms with E-state index < -0.39 is 0 Å². The van der Waals surface area contributed by atoms with E-state index >= 15 is 0 Å². The fourth-order valence-electron chi connectivity index (χ4n) is 2.35. The van der Waals surface area contributed by atoms with E-state index in [4.69, 9.17) is 10.5 Å². The molecule has 2 fully saturated rings. The highest BCUT2D eigenvalue weighted by molar-refractivity contribution is 5.78. The molecule has 4 heteroatoms. The molecule has 16 heavy (non-hydrogen) atoms. The molecule has 2 aliphatic rings. The Morgan fingerprint density at radius 1 is 1.56 bits per heavy atom. The van der Waals surface area contributed by atoms with Crippen molar-refractivity contribution < 1.29 is 4.74 Å².